The first-order valence-electron chi connectivity index (χ1n) is 7.29. The van der Waals surface area contributed by atoms with Crippen LogP contribution in [0.25, 0.3) is 0 Å². The summed E-state index contributed by atoms with van der Waals surface area (Å²) in [5, 5.41) is 13.7. The summed E-state index contributed by atoms with van der Waals surface area (Å²) in [5.41, 5.74) is 1.29. The molecule has 0 amide bonds. The zero-order valence-corrected chi connectivity index (χ0v) is 11.7. The SMILES string of the molecule is CC(Cc1ccccc1)C(O)CNC1CCOCC1. The highest BCUT2D eigenvalue weighted by molar-refractivity contribution is 5.15. The van der Waals surface area contributed by atoms with Crippen molar-refractivity contribution in [2.75, 3.05) is 19.8 Å². The fourth-order valence-electron chi connectivity index (χ4n) is 2.51. The summed E-state index contributed by atoms with van der Waals surface area (Å²) in [6.45, 7) is 4.47. The van der Waals surface area contributed by atoms with Gasteiger partial charge in [-0.1, -0.05) is 37.3 Å². The first-order chi connectivity index (χ1) is 9.25. The van der Waals surface area contributed by atoms with Crippen LogP contribution in [0.2, 0.25) is 0 Å². The lowest BCUT2D eigenvalue weighted by Crippen LogP contribution is -2.41. The first-order valence-corrected chi connectivity index (χ1v) is 7.29. The summed E-state index contributed by atoms with van der Waals surface area (Å²) in [4.78, 5) is 0. The Morgan fingerprint density at radius 2 is 1.95 bits per heavy atom. The van der Waals surface area contributed by atoms with E-state index in [4.69, 9.17) is 4.74 Å². The summed E-state index contributed by atoms with van der Waals surface area (Å²) in [6.07, 6.45) is 2.75. The van der Waals surface area contributed by atoms with Crippen molar-refractivity contribution in [3.63, 3.8) is 0 Å². The van der Waals surface area contributed by atoms with Gasteiger partial charge in [0.2, 0.25) is 0 Å². The highest BCUT2D eigenvalue weighted by atomic mass is 16.5. The zero-order valence-electron chi connectivity index (χ0n) is 11.7. The smallest absolute Gasteiger partial charge is 0.0693 e. The van der Waals surface area contributed by atoms with Crippen molar-refractivity contribution < 1.29 is 9.84 Å². The van der Waals surface area contributed by atoms with Gasteiger partial charge >= 0.3 is 0 Å². The van der Waals surface area contributed by atoms with E-state index in [0.717, 1.165) is 32.5 Å². The summed E-state index contributed by atoms with van der Waals surface area (Å²) < 4.78 is 5.33. The lowest BCUT2D eigenvalue weighted by molar-refractivity contribution is 0.0658. The van der Waals surface area contributed by atoms with Gasteiger partial charge in [-0.05, 0) is 30.7 Å². The Hall–Kier alpha value is -0.900. The predicted molar refractivity (Wildman–Crippen MR) is 77.2 cm³/mol. The van der Waals surface area contributed by atoms with E-state index >= 15 is 0 Å². The molecule has 1 aliphatic heterocycles. The molecule has 1 aromatic rings. The van der Waals surface area contributed by atoms with Crippen molar-refractivity contribution in [3.8, 4) is 0 Å². The van der Waals surface area contributed by atoms with E-state index in [1.165, 1.54) is 5.56 Å². The maximum Gasteiger partial charge on any atom is 0.0693 e. The molecular weight excluding hydrogens is 238 g/mol. The van der Waals surface area contributed by atoms with Gasteiger partial charge in [0.1, 0.15) is 0 Å². The quantitative estimate of drug-likeness (QED) is 0.825. The van der Waals surface area contributed by atoms with E-state index in [2.05, 4.69) is 36.5 Å². The number of hydrogen-bond donors (Lipinski definition) is 2. The van der Waals surface area contributed by atoms with E-state index in [1.807, 2.05) is 6.07 Å². The van der Waals surface area contributed by atoms with Gasteiger partial charge in [-0.25, -0.2) is 0 Å². The van der Waals surface area contributed by atoms with E-state index in [1.54, 1.807) is 0 Å². The van der Waals surface area contributed by atoms with E-state index in [-0.39, 0.29) is 12.0 Å². The zero-order chi connectivity index (χ0) is 13.5. The number of benzene rings is 1. The van der Waals surface area contributed by atoms with Crippen LogP contribution < -0.4 is 5.32 Å². The molecule has 1 aliphatic rings. The van der Waals surface area contributed by atoms with Gasteiger partial charge < -0.3 is 15.2 Å². The Kier molecular flexibility index (Phi) is 5.83. The van der Waals surface area contributed by atoms with Crippen molar-refractivity contribution in [1.29, 1.82) is 0 Å². The monoisotopic (exact) mass is 263 g/mol. The molecule has 0 aliphatic carbocycles. The molecular formula is C16H25NO2. The number of hydrogen-bond acceptors (Lipinski definition) is 3. The second kappa shape index (κ2) is 7.63. The fourth-order valence-corrected chi connectivity index (χ4v) is 2.51. The Morgan fingerprint density at radius 3 is 2.63 bits per heavy atom. The largest absolute Gasteiger partial charge is 0.392 e. The Labute approximate surface area is 116 Å². The van der Waals surface area contributed by atoms with Gasteiger partial charge in [0.25, 0.3) is 0 Å². The lowest BCUT2D eigenvalue weighted by atomic mass is 9.95. The van der Waals surface area contributed by atoms with E-state index in [0.29, 0.717) is 12.6 Å². The third-order valence-corrected chi connectivity index (χ3v) is 3.89. The molecule has 0 spiro atoms. The van der Waals surface area contributed by atoms with Crippen LogP contribution in [0.3, 0.4) is 0 Å². The Bertz CT molecular complexity index is 349. The van der Waals surface area contributed by atoms with Crippen LogP contribution in [0.15, 0.2) is 30.3 Å². The average Bonchev–Trinajstić information content (AvgIpc) is 2.47. The average molecular weight is 263 g/mol. The third kappa shape index (κ3) is 4.94. The number of rotatable bonds is 6. The van der Waals surface area contributed by atoms with Gasteiger partial charge in [0.05, 0.1) is 6.10 Å². The molecule has 0 bridgehead atoms. The van der Waals surface area contributed by atoms with Gasteiger partial charge in [0.15, 0.2) is 0 Å². The van der Waals surface area contributed by atoms with Gasteiger partial charge in [0, 0.05) is 25.8 Å². The van der Waals surface area contributed by atoms with Gasteiger partial charge in [-0.3, -0.25) is 0 Å². The molecule has 0 saturated carbocycles. The minimum absolute atomic E-state index is 0.273. The molecule has 2 atom stereocenters. The van der Waals surface area contributed by atoms with Gasteiger partial charge in [-0.2, -0.15) is 0 Å². The molecule has 3 heteroatoms. The number of nitrogens with one attached hydrogen (secondary N) is 1. The molecule has 2 N–H and O–H groups in total. The molecule has 0 radical (unpaired) electrons. The second-order valence-corrected chi connectivity index (χ2v) is 5.53. The summed E-state index contributed by atoms with van der Waals surface area (Å²) in [5.74, 6) is 0.273. The standard InChI is InChI=1S/C16H25NO2/c1-13(11-14-5-3-2-4-6-14)16(18)12-17-15-7-9-19-10-8-15/h2-6,13,15-18H,7-12H2,1H3. The molecule has 19 heavy (non-hydrogen) atoms. The molecule has 2 rings (SSSR count). The Morgan fingerprint density at radius 1 is 1.26 bits per heavy atom. The maximum atomic E-state index is 10.2. The number of ether oxygens (including phenoxy) is 1. The minimum atomic E-state index is -0.289. The topological polar surface area (TPSA) is 41.5 Å². The van der Waals surface area contributed by atoms with Crippen LogP contribution >= 0.6 is 0 Å². The van der Waals surface area contributed by atoms with Crippen LogP contribution in [0.4, 0.5) is 0 Å². The minimum Gasteiger partial charge on any atom is -0.392 e. The first kappa shape index (κ1) is 14.5. The van der Waals surface area contributed by atoms with Crippen molar-refractivity contribution in [2.45, 2.75) is 38.3 Å². The fraction of sp³-hybridized carbons (Fsp3) is 0.625. The molecule has 106 valence electrons. The lowest BCUT2D eigenvalue weighted by Gasteiger charge is -2.26. The van der Waals surface area contributed by atoms with E-state index < -0.39 is 0 Å². The van der Waals surface area contributed by atoms with Crippen LogP contribution in [0.1, 0.15) is 25.3 Å². The molecule has 3 nitrogen and oxygen atoms in total. The molecule has 1 heterocycles. The van der Waals surface area contributed by atoms with Crippen LogP contribution in [0.5, 0.6) is 0 Å². The summed E-state index contributed by atoms with van der Waals surface area (Å²) in [6, 6.07) is 10.9. The molecule has 1 saturated heterocycles. The van der Waals surface area contributed by atoms with Crippen molar-refractivity contribution in [2.24, 2.45) is 5.92 Å². The predicted octanol–water partition coefficient (Wildman–Crippen LogP) is 1.99. The number of aliphatic hydroxyl groups is 1. The summed E-state index contributed by atoms with van der Waals surface area (Å²) >= 11 is 0. The summed E-state index contributed by atoms with van der Waals surface area (Å²) in [7, 11) is 0. The normalized spacial score (nSPS) is 20.1. The van der Waals surface area contributed by atoms with Crippen LogP contribution in [-0.4, -0.2) is 37.0 Å². The molecule has 1 fully saturated rings. The maximum absolute atomic E-state index is 10.2. The molecule has 1 aromatic carbocycles. The van der Waals surface area contributed by atoms with Crippen molar-refractivity contribution >= 4 is 0 Å². The second-order valence-electron chi connectivity index (χ2n) is 5.53. The highest BCUT2D eigenvalue weighted by Crippen LogP contribution is 2.13. The third-order valence-electron chi connectivity index (χ3n) is 3.89. The van der Waals surface area contributed by atoms with Crippen molar-refractivity contribution in [1.82, 2.24) is 5.32 Å². The van der Waals surface area contributed by atoms with Crippen LogP contribution in [-0.2, 0) is 11.2 Å². The van der Waals surface area contributed by atoms with Crippen molar-refractivity contribution in [3.05, 3.63) is 35.9 Å². The Balaban J connectivity index is 1.71. The highest BCUT2D eigenvalue weighted by Gasteiger charge is 2.18. The number of aliphatic hydroxyl groups excluding tert-OH is 1. The molecule has 2 unspecified atom stereocenters. The molecule has 0 aromatic heterocycles. The van der Waals surface area contributed by atoms with E-state index in [9.17, 15) is 5.11 Å². The van der Waals surface area contributed by atoms with Gasteiger partial charge in [-0.15, -0.1) is 0 Å². The van der Waals surface area contributed by atoms with Crippen LogP contribution in [0, 0.1) is 5.92 Å².